The molecule has 0 amide bonds. The van der Waals surface area contributed by atoms with Crippen LogP contribution < -0.4 is 0 Å². The Balaban J connectivity index is 1.48. The predicted octanol–water partition coefficient (Wildman–Crippen LogP) is 4.64. The lowest BCUT2D eigenvalue weighted by Gasteiger charge is -2.26. The van der Waals surface area contributed by atoms with Gasteiger partial charge in [0.15, 0.2) is 5.82 Å². The van der Waals surface area contributed by atoms with Gasteiger partial charge in [0, 0.05) is 19.6 Å². The largest absolute Gasteiger partial charge is 0.323 e. The SMILES string of the molecule is CCn1c(/C=N/c2nc3ccccc3n2CCN2CCCCC2)nc2ccccc21. The van der Waals surface area contributed by atoms with Crippen molar-refractivity contribution < 1.29 is 0 Å². The monoisotopic (exact) mass is 400 g/mol. The van der Waals surface area contributed by atoms with Gasteiger partial charge in [-0.15, -0.1) is 0 Å². The lowest BCUT2D eigenvalue weighted by atomic mass is 10.1. The molecule has 1 aliphatic heterocycles. The first kappa shape index (κ1) is 19.0. The number of rotatable bonds is 6. The van der Waals surface area contributed by atoms with Crippen molar-refractivity contribution in [2.45, 2.75) is 39.3 Å². The van der Waals surface area contributed by atoms with Gasteiger partial charge in [0.25, 0.3) is 0 Å². The second kappa shape index (κ2) is 8.40. The van der Waals surface area contributed by atoms with Gasteiger partial charge in [0.2, 0.25) is 5.95 Å². The van der Waals surface area contributed by atoms with Crippen LogP contribution in [0.5, 0.6) is 0 Å². The summed E-state index contributed by atoms with van der Waals surface area (Å²) < 4.78 is 4.44. The fourth-order valence-corrected chi connectivity index (χ4v) is 4.45. The number of aryl methyl sites for hydroxylation is 1. The highest BCUT2D eigenvalue weighted by Crippen LogP contribution is 2.23. The molecule has 0 saturated carbocycles. The minimum absolute atomic E-state index is 0.753. The van der Waals surface area contributed by atoms with Gasteiger partial charge in [-0.2, -0.15) is 0 Å². The molecule has 30 heavy (non-hydrogen) atoms. The van der Waals surface area contributed by atoms with Crippen molar-refractivity contribution in [1.29, 1.82) is 0 Å². The molecule has 6 nitrogen and oxygen atoms in total. The molecule has 2 aromatic heterocycles. The highest BCUT2D eigenvalue weighted by Gasteiger charge is 2.14. The standard InChI is InChI=1S/C24H28N6/c1-2-29-21-12-6-4-10-19(21)26-23(29)18-25-24-27-20-11-5-7-13-22(20)30(24)17-16-28-14-8-3-9-15-28/h4-7,10-13,18H,2-3,8-9,14-17H2,1H3/b25-18+. The van der Waals surface area contributed by atoms with Gasteiger partial charge in [0.05, 0.1) is 28.3 Å². The normalized spacial score (nSPS) is 15.6. The van der Waals surface area contributed by atoms with Crippen LogP contribution in [0.15, 0.2) is 53.5 Å². The number of benzene rings is 2. The van der Waals surface area contributed by atoms with Crippen LogP contribution in [0.25, 0.3) is 22.1 Å². The fraction of sp³-hybridized carbons (Fsp3) is 0.375. The number of aliphatic imine (C=N–C) groups is 1. The van der Waals surface area contributed by atoms with Crippen molar-refractivity contribution in [2.75, 3.05) is 19.6 Å². The van der Waals surface area contributed by atoms with Crippen LogP contribution in [-0.2, 0) is 13.1 Å². The number of nitrogens with zero attached hydrogens (tertiary/aromatic N) is 6. The van der Waals surface area contributed by atoms with E-state index in [4.69, 9.17) is 15.0 Å². The van der Waals surface area contributed by atoms with Gasteiger partial charge in [-0.3, -0.25) is 0 Å². The lowest BCUT2D eigenvalue weighted by Crippen LogP contribution is -2.32. The van der Waals surface area contributed by atoms with E-state index in [0.29, 0.717) is 0 Å². The van der Waals surface area contributed by atoms with E-state index in [0.717, 1.165) is 53.5 Å². The minimum Gasteiger partial charge on any atom is -0.323 e. The summed E-state index contributed by atoms with van der Waals surface area (Å²) in [6.45, 7) is 7.33. The molecule has 6 heteroatoms. The predicted molar refractivity (Wildman–Crippen MR) is 123 cm³/mol. The van der Waals surface area contributed by atoms with E-state index < -0.39 is 0 Å². The average Bonchev–Trinajstić information content (AvgIpc) is 3.34. The zero-order valence-corrected chi connectivity index (χ0v) is 17.5. The molecule has 3 heterocycles. The Bertz CT molecular complexity index is 1180. The molecule has 1 aliphatic rings. The summed E-state index contributed by atoms with van der Waals surface area (Å²) in [7, 11) is 0. The van der Waals surface area contributed by atoms with E-state index in [1.807, 2.05) is 24.4 Å². The molecule has 5 rings (SSSR count). The first-order valence-electron chi connectivity index (χ1n) is 11.0. The van der Waals surface area contributed by atoms with Gasteiger partial charge in [-0.25, -0.2) is 15.0 Å². The molecular weight excluding hydrogens is 372 g/mol. The highest BCUT2D eigenvalue weighted by atomic mass is 15.2. The summed E-state index contributed by atoms with van der Waals surface area (Å²) in [6.07, 6.45) is 5.84. The second-order valence-corrected chi connectivity index (χ2v) is 7.92. The van der Waals surface area contributed by atoms with Crippen molar-refractivity contribution in [3.05, 3.63) is 54.4 Å². The molecule has 0 spiro atoms. The molecule has 0 N–H and O–H groups in total. The first-order chi connectivity index (χ1) is 14.8. The molecule has 0 atom stereocenters. The molecule has 4 aromatic rings. The number of para-hydroxylation sites is 4. The Labute approximate surface area is 176 Å². The van der Waals surface area contributed by atoms with Crippen molar-refractivity contribution in [3.8, 4) is 0 Å². The van der Waals surface area contributed by atoms with Crippen LogP contribution in [0.3, 0.4) is 0 Å². The van der Waals surface area contributed by atoms with Crippen molar-refractivity contribution in [3.63, 3.8) is 0 Å². The Hall–Kier alpha value is -2.99. The fourth-order valence-electron chi connectivity index (χ4n) is 4.45. The number of piperidine rings is 1. The van der Waals surface area contributed by atoms with Gasteiger partial charge >= 0.3 is 0 Å². The smallest absolute Gasteiger partial charge is 0.230 e. The number of aromatic nitrogens is 4. The molecule has 0 bridgehead atoms. The molecule has 2 aromatic carbocycles. The Morgan fingerprint density at radius 1 is 0.833 bits per heavy atom. The van der Waals surface area contributed by atoms with Crippen molar-refractivity contribution >= 4 is 34.2 Å². The van der Waals surface area contributed by atoms with E-state index >= 15 is 0 Å². The summed E-state index contributed by atoms with van der Waals surface area (Å²) in [6, 6.07) is 16.5. The summed E-state index contributed by atoms with van der Waals surface area (Å²) in [5.74, 6) is 1.62. The summed E-state index contributed by atoms with van der Waals surface area (Å²) in [4.78, 5) is 16.9. The van der Waals surface area contributed by atoms with E-state index in [2.05, 4.69) is 51.3 Å². The van der Waals surface area contributed by atoms with Crippen molar-refractivity contribution in [1.82, 2.24) is 24.0 Å². The Morgan fingerprint density at radius 2 is 1.50 bits per heavy atom. The van der Waals surface area contributed by atoms with Crippen LogP contribution >= 0.6 is 0 Å². The summed E-state index contributed by atoms with van der Waals surface area (Å²) in [5.41, 5.74) is 4.28. The number of likely N-dealkylation sites (tertiary alicyclic amines) is 1. The third-order valence-corrected chi connectivity index (χ3v) is 6.02. The van der Waals surface area contributed by atoms with E-state index in [9.17, 15) is 0 Å². The molecule has 154 valence electrons. The van der Waals surface area contributed by atoms with Gasteiger partial charge < -0.3 is 14.0 Å². The minimum atomic E-state index is 0.753. The Morgan fingerprint density at radius 3 is 2.23 bits per heavy atom. The second-order valence-electron chi connectivity index (χ2n) is 7.92. The van der Waals surface area contributed by atoms with Gasteiger partial charge in [0.1, 0.15) is 0 Å². The van der Waals surface area contributed by atoms with Gasteiger partial charge in [-0.1, -0.05) is 30.7 Å². The summed E-state index contributed by atoms with van der Waals surface area (Å²) in [5, 5.41) is 0. The third-order valence-electron chi connectivity index (χ3n) is 6.02. The summed E-state index contributed by atoms with van der Waals surface area (Å²) >= 11 is 0. The van der Waals surface area contributed by atoms with E-state index in [-0.39, 0.29) is 0 Å². The molecule has 0 radical (unpaired) electrons. The maximum Gasteiger partial charge on any atom is 0.230 e. The molecule has 0 unspecified atom stereocenters. The lowest BCUT2D eigenvalue weighted by molar-refractivity contribution is 0.222. The van der Waals surface area contributed by atoms with Crippen LogP contribution in [-0.4, -0.2) is 49.9 Å². The first-order valence-corrected chi connectivity index (χ1v) is 11.0. The molecule has 0 aliphatic carbocycles. The number of fused-ring (bicyclic) bond motifs is 2. The van der Waals surface area contributed by atoms with Crippen LogP contribution in [0.1, 0.15) is 32.0 Å². The zero-order valence-electron chi connectivity index (χ0n) is 17.5. The Kier molecular flexibility index (Phi) is 5.32. The van der Waals surface area contributed by atoms with Crippen LogP contribution in [0.2, 0.25) is 0 Å². The quantitative estimate of drug-likeness (QED) is 0.443. The average molecular weight is 401 g/mol. The maximum absolute atomic E-state index is 4.81. The topological polar surface area (TPSA) is 51.2 Å². The third kappa shape index (κ3) is 3.63. The molecule has 1 saturated heterocycles. The van der Waals surface area contributed by atoms with Crippen molar-refractivity contribution in [2.24, 2.45) is 4.99 Å². The highest BCUT2D eigenvalue weighted by molar-refractivity contribution is 5.86. The van der Waals surface area contributed by atoms with E-state index in [1.165, 1.54) is 32.4 Å². The van der Waals surface area contributed by atoms with E-state index in [1.54, 1.807) is 0 Å². The number of hydrogen-bond donors (Lipinski definition) is 0. The van der Waals surface area contributed by atoms with Gasteiger partial charge in [-0.05, 0) is 57.1 Å². The number of hydrogen-bond acceptors (Lipinski definition) is 4. The zero-order chi connectivity index (χ0) is 20.3. The van der Waals surface area contributed by atoms with Crippen LogP contribution in [0.4, 0.5) is 5.95 Å². The molecule has 1 fully saturated rings. The number of imidazole rings is 2. The van der Waals surface area contributed by atoms with Crippen LogP contribution in [0, 0.1) is 0 Å². The maximum atomic E-state index is 4.81. The molecular formula is C24H28N6.